The van der Waals surface area contributed by atoms with Gasteiger partial charge in [0.15, 0.2) is 0 Å². The molecule has 3 nitrogen and oxygen atoms in total. The van der Waals surface area contributed by atoms with Crippen LogP contribution in [0.1, 0.15) is 11.1 Å². The van der Waals surface area contributed by atoms with Crippen LogP contribution in [-0.2, 0) is 0 Å². The number of hydrogen-bond acceptors (Lipinski definition) is 2. The van der Waals surface area contributed by atoms with E-state index in [0.29, 0.717) is 0 Å². The number of nitrogens with one attached hydrogen (secondary N) is 1. The van der Waals surface area contributed by atoms with Gasteiger partial charge in [0, 0.05) is 17.1 Å². The molecule has 0 aliphatic heterocycles. The Labute approximate surface area is 122 Å². The van der Waals surface area contributed by atoms with E-state index in [4.69, 9.17) is 4.98 Å². The molecule has 102 valence electrons. The molecule has 0 amide bonds. The Morgan fingerprint density at radius 2 is 1.90 bits per heavy atom. The van der Waals surface area contributed by atoms with E-state index in [0.717, 1.165) is 33.3 Å². The Bertz CT molecular complexity index is 967. The van der Waals surface area contributed by atoms with Crippen molar-refractivity contribution < 1.29 is 0 Å². The summed E-state index contributed by atoms with van der Waals surface area (Å²) >= 11 is 0. The molecule has 0 fully saturated rings. The normalized spacial score (nSPS) is 11.3. The number of fused-ring (bicyclic) bond motifs is 2. The summed E-state index contributed by atoms with van der Waals surface area (Å²) in [6.45, 7) is 4.21. The van der Waals surface area contributed by atoms with Crippen LogP contribution in [0, 0.1) is 13.8 Å². The SMILES string of the molecule is Cc1cc(C)c2nc(-c3ccc4ncccc4c3)[nH]c2c1. The van der Waals surface area contributed by atoms with Crippen LogP contribution in [0.4, 0.5) is 0 Å². The Kier molecular flexibility index (Phi) is 2.54. The first-order valence-corrected chi connectivity index (χ1v) is 7.03. The van der Waals surface area contributed by atoms with Crippen LogP contribution >= 0.6 is 0 Å². The molecule has 0 spiro atoms. The van der Waals surface area contributed by atoms with Gasteiger partial charge >= 0.3 is 0 Å². The van der Waals surface area contributed by atoms with Gasteiger partial charge in [0.2, 0.25) is 0 Å². The minimum Gasteiger partial charge on any atom is -0.338 e. The van der Waals surface area contributed by atoms with E-state index in [9.17, 15) is 0 Å². The van der Waals surface area contributed by atoms with Gasteiger partial charge in [-0.25, -0.2) is 4.98 Å². The van der Waals surface area contributed by atoms with Crippen LogP contribution in [-0.4, -0.2) is 15.0 Å². The summed E-state index contributed by atoms with van der Waals surface area (Å²) in [4.78, 5) is 12.5. The first-order chi connectivity index (χ1) is 10.2. The molecule has 0 unspecified atom stereocenters. The molecular weight excluding hydrogens is 258 g/mol. The number of H-pyrrole nitrogens is 1. The van der Waals surface area contributed by atoms with Crippen molar-refractivity contribution in [1.82, 2.24) is 15.0 Å². The van der Waals surface area contributed by atoms with E-state index in [2.05, 4.69) is 54.1 Å². The molecule has 2 aromatic heterocycles. The summed E-state index contributed by atoms with van der Waals surface area (Å²) in [6.07, 6.45) is 1.81. The smallest absolute Gasteiger partial charge is 0.138 e. The van der Waals surface area contributed by atoms with E-state index in [1.165, 1.54) is 11.1 Å². The van der Waals surface area contributed by atoms with Gasteiger partial charge < -0.3 is 4.98 Å². The quantitative estimate of drug-likeness (QED) is 0.558. The number of aryl methyl sites for hydroxylation is 2. The summed E-state index contributed by atoms with van der Waals surface area (Å²) in [5.41, 5.74) is 6.68. The van der Waals surface area contributed by atoms with Gasteiger partial charge in [-0.15, -0.1) is 0 Å². The van der Waals surface area contributed by atoms with E-state index in [-0.39, 0.29) is 0 Å². The predicted octanol–water partition coefficient (Wildman–Crippen LogP) is 4.39. The van der Waals surface area contributed by atoms with Crippen LogP contribution in [0.15, 0.2) is 48.7 Å². The van der Waals surface area contributed by atoms with Crippen molar-refractivity contribution in [2.24, 2.45) is 0 Å². The molecule has 0 aliphatic rings. The van der Waals surface area contributed by atoms with Crippen LogP contribution in [0.5, 0.6) is 0 Å². The van der Waals surface area contributed by atoms with Crippen molar-refractivity contribution in [3.63, 3.8) is 0 Å². The fourth-order valence-corrected chi connectivity index (χ4v) is 2.83. The fourth-order valence-electron chi connectivity index (χ4n) is 2.83. The van der Waals surface area contributed by atoms with Crippen LogP contribution < -0.4 is 0 Å². The Hall–Kier alpha value is -2.68. The van der Waals surface area contributed by atoms with E-state index in [1.54, 1.807) is 0 Å². The molecule has 2 heterocycles. The van der Waals surface area contributed by atoms with Crippen molar-refractivity contribution in [2.75, 3.05) is 0 Å². The molecule has 0 saturated heterocycles. The third-order valence-corrected chi connectivity index (χ3v) is 3.80. The number of nitrogens with zero attached hydrogens (tertiary/aromatic N) is 2. The first-order valence-electron chi connectivity index (χ1n) is 7.03. The van der Waals surface area contributed by atoms with Gasteiger partial charge in [0.1, 0.15) is 5.82 Å². The van der Waals surface area contributed by atoms with Gasteiger partial charge in [-0.1, -0.05) is 12.1 Å². The number of aromatic amines is 1. The highest BCUT2D eigenvalue weighted by Crippen LogP contribution is 2.25. The number of benzene rings is 2. The predicted molar refractivity (Wildman–Crippen MR) is 86.3 cm³/mol. The second-order valence-electron chi connectivity index (χ2n) is 5.47. The topological polar surface area (TPSA) is 41.6 Å². The first kappa shape index (κ1) is 12.1. The highest BCUT2D eigenvalue weighted by molar-refractivity contribution is 5.86. The lowest BCUT2D eigenvalue weighted by atomic mass is 10.1. The monoisotopic (exact) mass is 273 g/mol. The second kappa shape index (κ2) is 4.42. The molecular formula is C18H15N3. The maximum Gasteiger partial charge on any atom is 0.138 e. The Morgan fingerprint density at radius 3 is 2.81 bits per heavy atom. The van der Waals surface area contributed by atoms with Crippen LogP contribution in [0.25, 0.3) is 33.3 Å². The van der Waals surface area contributed by atoms with Crippen molar-refractivity contribution in [2.45, 2.75) is 13.8 Å². The average molecular weight is 273 g/mol. The Morgan fingerprint density at radius 1 is 1.00 bits per heavy atom. The standard InChI is InChI=1S/C18H15N3/c1-11-8-12(2)17-16(9-11)20-18(21-17)14-5-6-15-13(10-14)4-3-7-19-15/h3-10H,1-2H3,(H,20,21). The fraction of sp³-hybridized carbons (Fsp3) is 0.111. The largest absolute Gasteiger partial charge is 0.338 e. The van der Waals surface area contributed by atoms with Gasteiger partial charge in [-0.2, -0.15) is 0 Å². The highest BCUT2D eigenvalue weighted by atomic mass is 14.9. The molecule has 0 aliphatic carbocycles. The van der Waals surface area contributed by atoms with Crippen LogP contribution in [0.3, 0.4) is 0 Å². The van der Waals surface area contributed by atoms with E-state index < -0.39 is 0 Å². The lowest BCUT2D eigenvalue weighted by Crippen LogP contribution is -1.82. The van der Waals surface area contributed by atoms with E-state index >= 15 is 0 Å². The Balaban J connectivity index is 1.93. The zero-order valence-corrected chi connectivity index (χ0v) is 12.0. The maximum atomic E-state index is 4.75. The van der Waals surface area contributed by atoms with Crippen molar-refractivity contribution in [3.8, 4) is 11.4 Å². The molecule has 21 heavy (non-hydrogen) atoms. The molecule has 0 radical (unpaired) electrons. The van der Waals surface area contributed by atoms with E-state index in [1.807, 2.05) is 18.3 Å². The molecule has 4 aromatic rings. The zero-order valence-electron chi connectivity index (χ0n) is 12.0. The van der Waals surface area contributed by atoms with Crippen molar-refractivity contribution >= 4 is 21.9 Å². The number of pyridine rings is 1. The number of hydrogen-bond donors (Lipinski definition) is 1. The van der Waals surface area contributed by atoms with Gasteiger partial charge in [-0.05, 0) is 55.3 Å². The second-order valence-corrected chi connectivity index (χ2v) is 5.47. The summed E-state index contributed by atoms with van der Waals surface area (Å²) in [6, 6.07) is 14.6. The third kappa shape index (κ3) is 1.98. The minimum absolute atomic E-state index is 0.907. The van der Waals surface area contributed by atoms with Crippen LogP contribution in [0.2, 0.25) is 0 Å². The molecule has 0 atom stereocenters. The van der Waals surface area contributed by atoms with Gasteiger partial charge in [0.25, 0.3) is 0 Å². The zero-order chi connectivity index (χ0) is 14.4. The number of aromatic nitrogens is 3. The van der Waals surface area contributed by atoms with Crippen molar-refractivity contribution in [1.29, 1.82) is 0 Å². The lowest BCUT2D eigenvalue weighted by molar-refractivity contribution is 1.33. The molecule has 4 rings (SSSR count). The number of imidazole rings is 1. The number of rotatable bonds is 1. The minimum atomic E-state index is 0.907. The highest BCUT2D eigenvalue weighted by Gasteiger charge is 2.08. The summed E-state index contributed by atoms with van der Waals surface area (Å²) < 4.78 is 0. The molecule has 0 bridgehead atoms. The maximum absolute atomic E-state index is 4.75. The van der Waals surface area contributed by atoms with Gasteiger partial charge in [0.05, 0.1) is 16.6 Å². The molecule has 2 aromatic carbocycles. The lowest BCUT2D eigenvalue weighted by Gasteiger charge is -1.99. The van der Waals surface area contributed by atoms with Crippen molar-refractivity contribution in [3.05, 3.63) is 59.8 Å². The summed E-state index contributed by atoms with van der Waals surface area (Å²) in [5, 5.41) is 1.13. The summed E-state index contributed by atoms with van der Waals surface area (Å²) in [5.74, 6) is 0.907. The third-order valence-electron chi connectivity index (χ3n) is 3.80. The molecule has 3 heteroatoms. The average Bonchev–Trinajstić information content (AvgIpc) is 2.91. The molecule has 1 N–H and O–H groups in total. The molecule has 0 saturated carbocycles. The summed E-state index contributed by atoms with van der Waals surface area (Å²) in [7, 11) is 0. The van der Waals surface area contributed by atoms with Gasteiger partial charge in [-0.3, -0.25) is 4.98 Å².